The van der Waals surface area contributed by atoms with E-state index in [1.807, 2.05) is 0 Å². The molecule has 1 rings (SSSR count). The highest BCUT2D eigenvalue weighted by molar-refractivity contribution is 7.49. The summed E-state index contributed by atoms with van der Waals surface area (Å²) < 4.78 is 26.7. The molecule has 0 radical (unpaired) electrons. The molecule has 1 aromatic rings. The molecule has 0 aliphatic heterocycles. The molecule has 0 aliphatic rings. The molecule has 132 valence electrons. The van der Waals surface area contributed by atoms with Crippen LogP contribution in [0.1, 0.15) is 39.4 Å². The second-order valence-electron chi connectivity index (χ2n) is 5.36. The molecular weight excluding hydrogens is 385 g/mol. The summed E-state index contributed by atoms with van der Waals surface area (Å²) in [5, 5.41) is 9.88. The minimum absolute atomic E-state index is 0.245. The molecule has 1 atom stereocenters. The Morgan fingerprint density at radius 1 is 1.00 bits per heavy atom. The van der Waals surface area contributed by atoms with Crippen molar-refractivity contribution >= 4 is 42.6 Å². The standard InChI is InChI=1S/C14H20Cl3O5P/c1-9(2)20-23(19,21-10(3)4)22-12-7-5-11(6-8-12)13(18)14(15,16)17/h5-10,13,18H,1-4H3/t13-/m1/s1. The Bertz CT molecular complexity index is 528. The lowest BCUT2D eigenvalue weighted by Crippen LogP contribution is -2.16. The molecule has 0 saturated carbocycles. The van der Waals surface area contributed by atoms with Crippen molar-refractivity contribution in [1.82, 2.24) is 0 Å². The number of rotatable bonds is 7. The summed E-state index contributed by atoms with van der Waals surface area (Å²) in [5.74, 6) is 0.245. The third-order valence-corrected chi connectivity index (χ3v) is 4.82. The minimum Gasteiger partial charge on any atom is -0.404 e. The number of benzene rings is 1. The van der Waals surface area contributed by atoms with Crippen molar-refractivity contribution < 1.29 is 23.2 Å². The predicted octanol–water partition coefficient (Wildman–Crippen LogP) is 5.43. The maximum absolute atomic E-state index is 12.6. The Balaban J connectivity index is 2.92. The monoisotopic (exact) mass is 404 g/mol. The van der Waals surface area contributed by atoms with Crippen molar-refractivity contribution in [3.8, 4) is 5.75 Å². The Morgan fingerprint density at radius 3 is 1.78 bits per heavy atom. The lowest BCUT2D eigenvalue weighted by Gasteiger charge is -2.23. The lowest BCUT2D eigenvalue weighted by atomic mass is 10.1. The van der Waals surface area contributed by atoms with E-state index >= 15 is 0 Å². The maximum atomic E-state index is 12.6. The first-order chi connectivity index (χ1) is 10.4. The Hall–Kier alpha value is -0.000000000000000132. The average Bonchev–Trinajstić information content (AvgIpc) is 2.35. The van der Waals surface area contributed by atoms with Crippen molar-refractivity contribution in [3.63, 3.8) is 0 Å². The number of hydrogen-bond donors (Lipinski definition) is 1. The van der Waals surface area contributed by atoms with Crippen LogP contribution in [0, 0.1) is 0 Å². The molecule has 0 heterocycles. The first-order valence-electron chi connectivity index (χ1n) is 6.94. The summed E-state index contributed by atoms with van der Waals surface area (Å²) in [6.45, 7) is 6.89. The van der Waals surface area contributed by atoms with Gasteiger partial charge in [-0.15, -0.1) is 0 Å². The number of aliphatic hydroxyl groups excluding tert-OH is 1. The van der Waals surface area contributed by atoms with E-state index in [2.05, 4.69) is 0 Å². The number of alkyl halides is 3. The van der Waals surface area contributed by atoms with Gasteiger partial charge in [0.2, 0.25) is 3.79 Å². The second-order valence-corrected chi connectivity index (χ2v) is 9.23. The number of hydrogen-bond acceptors (Lipinski definition) is 5. The van der Waals surface area contributed by atoms with E-state index in [4.69, 9.17) is 48.4 Å². The Kier molecular flexibility index (Phi) is 7.68. The highest BCUT2D eigenvalue weighted by atomic mass is 35.6. The number of phosphoric acid groups is 1. The van der Waals surface area contributed by atoms with Crippen molar-refractivity contribution in [1.29, 1.82) is 0 Å². The van der Waals surface area contributed by atoms with Gasteiger partial charge in [-0.1, -0.05) is 46.9 Å². The van der Waals surface area contributed by atoms with Gasteiger partial charge in [-0.3, -0.25) is 9.05 Å². The van der Waals surface area contributed by atoms with Crippen LogP contribution in [-0.2, 0) is 13.6 Å². The van der Waals surface area contributed by atoms with E-state index in [1.165, 1.54) is 24.3 Å². The fourth-order valence-electron chi connectivity index (χ4n) is 1.61. The first kappa shape index (κ1) is 21.0. The van der Waals surface area contributed by atoms with E-state index in [-0.39, 0.29) is 18.0 Å². The second kappa shape index (κ2) is 8.39. The molecule has 23 heavy (non-hydrogen) atoms. The molecule has 0 unspecified atom stereocenters. The van der Waals surface area contributed by atoms with Gasteiger partial charge in [0.05, 0.1) is 12.2 Å². The highest BCUT2D eigenvalue weighted by Crippen LogP contribution is 2.51. The Morgan fingerprint density at radius 2 is 1.43 bits per heavy atom. The average molecular weight is 406 g/mol. The van der Waals surface area contributed by atoms with Crippen LogP contribution in [0.2, 0.25) is 0 Å². The topological polar surface area (TPSA) is 65.0 Å². The van der Waals surface area contributed by atoms with Crippen LogP contribution in [0.25, 0.3) is 0 Å². The molecule has 0 spiro atoms. The lowest BCUT2D eigenvalue weighted by molar-refractivity contribution is 0.103. The van der Waals surface area contributed by atoms with Gasteiger partial charge < -0.3 is 9.63 Å². The van der Waals surface area contributed by atoms with Crippen LogP contribution in [0.5, 0.6) is 5.75 Å². The van der Waals surface area contributed by atoms with Gasteiger partial charge in [0, 0.05) is 0 Å². The van der Waals surface area contributed by atoms with Crippen LogP contribution in [0.15, 0.2) is 24.3 Å². The smallest absolute Gasteiger partial charge is 0.404 e. The third-order valence-electron chi connectivity index (χ3n) is 2.40. The molecule has 0 aromatic heterocycles. The van der Waals surface area contributed by atoms with Crippen molar-refractivity contribution in [2.24, 2.45) is 0 Å². The molecule has 5 nitrogen and oxygen atoms in total. The zero-order valence-corrected chi connectivity index (χ0v) is 16.4. The molecule has 0 saturated heterocycles. The van der Waals surface area contributed by atoms with Gasteiger partial charge >= 0.3 is 7.82 Å². The minimum atomic E-state index is -3.77. The van der Waals surface area contributed by atoms with Crippen molar-refractivity contribution in [3.05, 3.63) is 29.8 Å². The van der Waals surface area contributed by atoms with Crippen molar-refractivity contribution in [2.45, 2.75) is 49.8 Å². The predicted molar refractivity (Wildman–Crippen MR) is 92.4 cm³/mol. The highest BCUT2D eigenvalue weighted by Gasteiger charge is 2.33. The SMILES string of the molecule is CC(C)OP(=O)(Oc1ccc([C@@H](O)C(Cl)(Cl)Cl)cc1)OC(C)C. The van der Waals surface area contributed by atoms with Gasteiger partial charge in [-0.05, 0) is 45.4 Å². The summed E-state index contributed by atoms with van der Waals surface area (Å²) >= 11 is 16.9. The zero-order chi connectivity index (χ0) is 17.8. The fourth-order valence-corrected chi connectivity index (χ4v) is 3.54. The first-order valence-corrected chi connectivity index (χ1v) is 9.53. The van der Waals surface area contributed by atoms with Crippen LogP contribution < -0.4 is 4.52 Å². The normalized spacial score (nSPS) is 14.3. The largest absolute Gasteiger partial charge is 0.530 e. The van der Waals surface area contributed by atoms with Gasteiger partial charge in [0.1, 0.15) is 11.9 Å². The fraction of sp³-hybridized carbons (Fsp3) is 0.571. The molecule has 1 aromatic carbocycles. The summed E-state index contributed by atoms with van der Waals surface area (Å²) in [6.07, 6.45) is -1.98. The number of halogens is 3. The molecule has 0 fully saturated rings. The summed E-state index contributed by atoms with van der Waals surface area (Å²) in [6, 6.07) is 5.96. The van der Waals surface area contributed by atoms with Gasteiger partial charge in [-0.25, -0.2) is 4.57 Å². The quantitative estimate of drug-likeness (QED) is 0.484. The molecule has 0 amide bonds. The van der Waals surface area contributed by atoms with Crippen LogP contribution in [-0.4, -0.2) is 21.1 Å². The van der Waals surface area contributed by atoms with Crippen molar-refractivity contribution in [2.75, 3.05) is 0 Å². The number of aliphatic hydroxyl groups is 1. The summed E-state index contributed by atoms with van der Waals surface area (Å²) in [5.41, 5.74) is 0.377. The van der Waals surface area contributed by atoms with E-state index in [0.717, 1.165) is 0 Å². The van der Waals surface area contributed by atoms with E-state index in [9.17, 15) is 9.67 Å². The zero-order valence-electron chi connectivity index (χ0n) is 13.2. The maximum Gasteiger partial charge on any atom is 0.530 e. The molecule has 9 heteroatoms. The third kappa shape index (κ3) is 7.18. The number of phosphoric ester groups is 1. The van der Waals surface area contributed by atoms with Crippen LogP contribution >= 0.6 is 42.6 Å². The van der Waals surface area contributed by atoms with Crippen LogP contribution in [0.4, 0.5) is 0 Å². The van der Waals surface area contributed by atoms with E-state index in [0.29, 0.717) is 5.56 Å². The molecule has 0 bridgehead atoms. The molecular formula is C14H20Cl3O5P. The Labute approximate surface area is 151 Å². The molecule has 0 aliphatic carbocycles. The van der Waals surface area contributed by atoms with Gasteiger partial charge in [0.25, 0.3) is 0 Å². The van der Waals surface area contributed by atoms with E-state index in [1.54, 1.807) is 27.7 Å². The van der Waals surface area contributed by atoms with E-state index < -0.39 is 17.7 Å². The van der Waals surface area contributed by atoms with Gasteiger partial charge in [-0.2, -0.15) is 0 Å². The van der Waals surface area contributed by atoms with Gasteiger partial charge in [0.15, 0.2) is 0 Å². The van der Waals surface area contributed by atoms with Crippen LogP contribution in [0.3, 0.4) is 0 Å². The summed E-state index contributed by atoms with van der Waals surface area (Å²) in [7, 11) is -3.77. The molecule has 1 N–H and O–H groups in total. The summed E-state index contributed by atoms with van der Waals surface area (Å²) in [4.78, 5) is 0.